The molecule has 3 amide bonds. The van der Waals surface area contributed by atoms with Crippen molar-refractivity contribution in [3.05, 3.63) is 28.0 Å². The molecule has 0 bridgehead atoms. The highest BCUT2D eigenvalue weighted by molar-refractivity contribution is 9.10. The number of carbonyl (C=O) groups excluding carboxylic acids is 2. The average Bonchev–Trinajstić information content (AvgIpc) is 2.53. The first-order chi connectivity index (χ1) is 12.0. The Kier molecular flexibility index (Phi) is 6.16. The van der Waals surface area contributed by atoms with Gasteiger partial charge in [0.2, 0.25) is 0 Å². The number of benzene rings is 1. The fourth-order valence-electron chi connectivity index (χ4n) is 2.72. The Labute approximate surface area is 161 Å². The van der Waals surface area contributed by atoms with Gasteiger partial charge in [-0.2, -0.15) is 0 Å². The van der Waals surface area contributed by atoms with Crippen molar-refractivity contribution in [2.45, 2.75) is 46.3 Å². The molecule has 1 heterocycles. The summed E-state index contributed by atoms with van der Waals surface area (Å²) in [5.41, 5.74) is 0.236. The van der Waals surface area contributed by atoms with Gasteiger partial charge in [0.1, 0.15) is 11.4 Å². The standard InChI is InChI=1S/C18H25BrFN3O3/c1-11-10-22(8-9-23(11)17(25)26-18(3,4)5)16(24)21-14-7-6-13(19)15(20)12(14)2/h6-7,11H,8-10H2,1-5H3,(H,21,24)/t11-/m0/s1. The molecular weight excluding hydrogens is 405 g/mol. The lowest BCUT2D eigenvalue weighted by atomic mass is 10.2. The largest absolute Gasteiger partial charge is 0.444 e. The summed E-state index contributed by atoms with van der Waals surface area (Å²) in [5, 5.41) is 2.74. The Morgan fingerprint density at radius 2 is 1.96 bits per heavy atom. The minimum Gasteiger partial charge on any atom is -0.444 e. The second-order valence-corrected chi connectivity index (χ2v) is 8.29. The van der Waals surface area contributed by atoms with E-state index in [1.807, 2.05) is 27.7 Å². The van der Waals surface area contributed by atoms with E-state index in [-0.39, 0.29) is 18.2 Å². The maximum atomic E-state index is 14.0. The molecule has 1 aliphatic heterocycles. The minimum absolute atomic E-state index is 0.174. The Morgan fingerprint density at radius 3 is 2.54 bits per heavy atom. The SMILES string of the molecule is Cc1c(NC(=O)N2CCN(C(=O)OC(C)(C)C)[C@@H](C)C2)ccc(Br)c1F. The lowest BCUT2D eigenvalue weighted by Crippen LogP contribution is -2.57. The minimum atomic E-state index is -0.561. The van der Waals surface area contributed by atoms with Gasteiger partial charge in [-0.15, -0.1) is 0 Å². The van der Waals surface area contributed by atoms with E-state index in [0.717, 1.165) is 0 Å². The number of halogens is 2. The third-order valence-corrected chi connectivity index (χ3v) is 4.74. The molecule has 1 atom stereocenters. The van der Waals surface area contributed by atoms with E-state index >= 15 is 0 Å². The number of nitrogens with one attached hydrogen (secondary N) is 1. The average molecular weight is 430 g/mol. The number of ether oxygens (including phenoxy) is 1. The molecule has 0 aromatic heterocycles. The third kappa shape index (κ3) is 4.87. The number of nitrogens with zero attached hydrogens (tertiary/aromatic N) is 2. The van der Waals surface area contributed by atoms with E-state index in [1.165, 1.54) is 0 Å². The molecule has 1 aromatic carbocycles. The molecule has 0 unspecified atom stereocenters. The predicted octanol–water partition coefficient (Wildman–Crippen LogP) is 4.37. The number of anilines is 1. The van der Waals surface area contributed by atoms with Crippen LogP contribution in [0.25, 0.3) is 0 Å². The molecule has 26 heavy (non-hydrogen) atoms. The summed E-state index contributed by atoms with van der Waals surface area (Å²) < 4.78 is 19.7. The summed E-state index contributed by atoms with van der Waals surface area (Å²) in [6.07, 6.45) is -0.379. The van der Waals surface area contributed by atoms with Crippen LogP contribution in [0.5, 0.6) is 0 Å². The fourth-order valence-corrected chi connectivity index (χ4v) is 3.15. The number of hydrogen-bond donors (Lipinski definition) is 1. The van der Waals surface area contributed by atoms with Gasteiger partial charge < -0.3 is 19.9 Å². The summed E-state index contributed by atoms with van der Waals surface area (Å²) in [4.78, 5) is 28.0. The molecule has 1 fully saturated rings. The van der Waals surface area contributed by atoms with Crippen molar-refractivity contribution in [1.82, 2.24) is 9.80 Å². The number of amides is 3. The van der Waals surface area contributed by atoms with Crippen molar-refractivity contribution in [2.75, 3.05) is 25.0 Å². The first-order valence-electron chi connectivity index (χ1n) is 8.49. The van der Waals surface area contributed by atoms with Crippen molar-refractivity contribution >= 4 is 33.7 Å². The van der Waals surface area contributed by atoms with E-state index in [4.69, 9.17) is 4.74 Å². The van der Waals surface area contributed by atoms with Crippen LogP contribution >= 0.6 is 15.9 Å². The van der Waals surface area contributed by atoms with Crippen LogP contribution in [-0.4, -0.2) is 53.2 Å². The van der Waals surface area contributed by atoms with Gasteiger partial charge in [-0.05, 0) is 62.7 Å². The Hall–Kier alpha value is -1.83. The molecule has 2 rings (SSSR count). The Balaban J connectivity index is 1.99. The van der Waals surface area contributed by atoms with Gasteiger partial charge >= 0.3 is 12.1 Å². The zero-order chi connectivity index (χ0) is 19.6. The highest BCUT2D eigenvalue weighted by atomic mass is 79.9. The number of piperazine rings is 1. The van der Waals surface area contributed by atoms with Gasteiger partial charge in [-0.25, -0.2) is 14.0 Å². The van der Waals surface area contributed by atoms with Crippen LogP contribution in [0, 0.1) is 12.7 Å². The molecule has 8 heteroatoms. The van der Waals surface area contributed by atoms with Gasteiger partial charge in [0.25, 0.3) is 0 Å². The topological polar surface area (TPSA) is 61.9 Å². The summed E-state index contributed by atoms with van der Waals surface area (Å²) in [6.45, 7) is 10.1. The molecule has 1 N–H and O–H groups in total. The van der Waals surface area contributed by atoms with Crippen molar-refractivity contribution in [2.24, 2.45) is 0 Å². The van der Waals surface area contributed by atoms with Crippen molar-refractivity contribution in [1.29, 1.82) is 0 Å². The van der Waals surface area contributed by atoms with Crippen LogP contribution in [0.2, 0.25) is 0 Å². The fraction of sp³-hybridized carbons (Fsp3) is 0.556. The van der Waals surface area contributed by atoms with Gasteiger partial charge in [0.15, 0.2) is 0 Å². The zero-order valence-electron chi connectivity index (χ0n) is 15.7. The van der Waals surface area contributed by atoms with Crippen LogP contribution in [-0.2, 0) is 4.74 Å². The lowest BCUT2D eigenvalue weighted by Gasteiger charge is -2.40. The molecule has 144 valence electrons. The quantitative estimate of drug-likeness (QED) is 0.720. The zero-order valence-corrected chi connectivity index (χ0v) is 17.3. The second kappa shape index (κ2) is 7.82. The molecule has 0 spiro atoms. The Bertz CT molecular complexity index is 706. The first kappa shape index (κ1) is 20.5. The molecule has 0 aliphatic carbocycles. The van der Waals surface area contributed by atoms with E-state index < -0.39 is 11.4 Å². The number of hydrogen-bond acceptors (Lipinski definition) is 3. The van der Waals surface area contributed by atoms with Gasteiger partial charge in [-0.3, -0.25) is 0 Å². The molecular formula is C18H25BrFN3O3. The molecule has 1 saturated heterocycles. The van der Waals surface area contributed by atoms with E-state index in [2.05, 4.69) is 21.2 Å². The van der Waals surface area contributed by atoms with E-state index in [0.29, 0.717) is 35.4 Å². The molecule has 6 nitrogen and oxygen atoms in total. The first-order valence-corrected chi connectivity index (χ1v) is 9.29. The Morgan fingerprint density at radius 1 is 1.31 bits per heavy atom. The second-order valence-electron chi connectivity index (χ2n) is 7.43. The molecule has 1 aliphatic rings. The van der Waals surface area contributed by atoms with Gasteiger partial charge in [0.05, 0.1) is 4.47 Å². The van der Waals surface area contributed by atoms with Crippen LogP contribution in [0.4, 0.5) is 19.7 Å². The summed E-state index contributed by atoms with van der Waals surface area (Å²) in [5.74, 6) is -0.397. The highest BCUT2D eigenvalue weighted by Gasteiger charge is 2.32. The summed E-state index contributed by atoms with van der Waals surface area (Å²) >= 11 is 3.12. The van der Waals surface area contributed by atoms with Crippen molar-refractivity contribution in [3.63, 3.8) is 0 Å². The maximum absolute atomic E-state index is 14.0. The summed E-state index contributed by atoms with van der Waals surface area (Å²) in [7, 11) is 0. The lowest BCUT2D eigenvalue weighted by molar-refractivity contribution is 0.00589. The molecule has 0 radical (unpaired) electrons. The van der Waals surface area contributed by atoms with Crippen LogP contribution < -0.4 is 5.32 Å². The van der Waals surface area contributed by atoms with Crippen LogP contribution in [0.3, 0.4) is 0 Å². The third-order valence-electron chi connectivity index (χ3n) is 4.12. The monoisotopic (exact) mass is 429 g/mol. The number of urea groups is 1. The van der Waals surface area contributed by atoms with Crippen molar-refractivity contribution in [3.8, 4) is 0 Å². The van der Waals surface area contributed by atoms with Gasteiger partial charge in [0, 0.05) is 36.9 Å². The molecule has 0 saturated carbocycles. The smallest absolute Gasteiger partial charge is 0.410 e. The van der Waals surface area contributed by atoms with Crippen LogP contribution in [0.1, 0.15) is 33.3 Å². The number of rotatable bonds is 1. The normalized spacial score (nSPS) is 17.9. The van der Waals surface area contributed by atoms with Gasteiger partial charge in [-0.1, -0.05) is 0 Å². The highest BCUT2D eigenvalue weighted by Crippen LogP contribution is 2.25. The molecule has 1 aromatic rings. The predicted molar refractivity (Wildman–Crippen MR) is 102 cm³/mol. The maximum Gasteiger partial charge on any atom is 0.410 e. The van der Waals surface area contributed by atoms with Crippen molar-refractivity contribution < 1.29 is 18.7 Å². The van der Waals surface area contributed by atoms with Crippen LogP contribution in [0.15, 0.2) is 16.6 Å². The number of carbonyl (C=O) groups is 2. The van der Waals surface area contributed by atoms with E-state index in [1.54, 1.807) is 28.9 Å². The van der Waals surface area contributed by atoms with E-state index in [9.17, 15) is 14.0 Å². The summed E-state index contributed by atoms with van der Waals surface area (Å²) in [6, 6.07) is 2.72.